The lowest BCUT2D eigenvalue weighted by molar-refractivity contribution is -0.153. The van der Waals surface area contributed by atoms with E-state index in [0.717, 1.165) is 12.6 Å². The first-order chi connectivity index (χ1) is 19.6. The van der Waals surface area contributed by atoms with E-state index in [1.165, 1.54) is 18.2 Å². The number of hydrogen-bond donors (Lipinski definition) is 0. The predicted molar refractivity (Wildman–Crippen MR) is 138 cm³/mol. The number of aromatic nitrogens is 3. The molecule has 2 aliphatic heterocycles. The molecule has 2 atom stereocenters. The molecule has 6 nitrogen and oxygen atoms in total. The molecule has 0 aliphatic carbocycles. The lowest BCUT2D eigenvalue weighted by Crippen LogP contribution is -2.43. The van der Waals surface area contributed by atoms with Crippen LogP contribution in [0.2, 0.25) is 0 Å². The molecule has 41 heavy (non-hydrogen) atoms. The van der Waals surface area contributed by atoms with E-state index in [-0.39, 0.29) is 47.2 Å². The molecule has 0 bridgehead atoms. The Kier molecular flexibility index (Phi) is 6.65. The summed E-state index contributed by atoms with van der Waals surface area (Å²) in [7, 11) is 0. The Balaban J connectivity index is 1.47. The number of nitrogens with zero attached hydrogens (tertiary/aromatic N) is 4. The van der Waals surface area contributed by atoms with Crippen molar-refractivity contribution in [2.24, 2.45) is 0 Å². The quantitative estimate of drug-likeness (QED) is 0.209. The molecule has 0 radical (unpaired) electrons. The molecule has 12 heteroatoms. The molecule has 4 aromatic rings. The Hall–Kier alpha value is -4.11. The van der Waals surface area contributed by atoms with Crippen molar-refractivity contribution in [3.05, 3.63) is 53.7 Å². The zero-order chi connectivity index (χ0) is 28.9. The van der Waals surface area contributed by atoms with Crippen LogP contribution in [0.1, 0.15) is 24.8 Å². The topological polar surface area (TPSA) is 60.4 Å². The highest BCUT2D eigenvalue weighted by Crippen LogP contribution is 2.41. The van der Waals surface area contributed by atoms with Gasteiger partial charge < -0.3 is 9.47 Å². The van der Waals surface area contributed by atoms with Gasteiger partial charge >= 0.3 is 12.2 Å². The van der Waals surface area contributed by atoms with E-state index in [0.29, 0.717) is 18.4 Å². The Morgan fingerprint density at radius 2 is 1.95 bits per heavy atom. The number of fused-ring (bicyclic) bond motifs is 3. The Morgan fingerprint density at radius 1 is 1.12 bits per heavy atom. The van der Waals surface area contributed by atoms with Crippen molar-refractivity contribution in [3.8, 4) is 35.5 Å². The molecule has 0 saturated carbocycles. The van der Waals surface area contributed by atoms with Gasteiger partial charge in [0.2, 0.25) is 5.88 Å². The van der Waals surface area contributed by atoms with Gasteiger partial charge in [-0.05, 0) is 30.8 Å². The smallest absolute Gasteiger partial charge is 0.422 e. The lowest BCUT2D eigenvalue weighted by atomic mass is 9.95. The van der Waals surface area contributed by atoms with Crippen molar-refractivity contribution in [1.82, 2.24) is 19.9 Å². The van der Waals surface area contributed by atoms with Crippen LogP contribution in [0.25, 0.3) is 32.9 Å². The van der Waals surface area contributed by atoms with Crippen LogP contribution in [0.15, 0.2) is 36.5 Å². The van der Waals surface area contributed by atoms with E-state index in [1.54, 1.807) is 12.1 Å². The van der Waals surface area contributed by atoms with Crippen LogP contribution in [0, 0.1) is 24.0 Å². The molecule has 0 N–H and O–H groups in total. The second kappa shape index (κ2) is 10.1. The molecule has 212 valence electrons. The highest BCUT2D eigenvalue weighted by molar-refractivity contribution is 6.01. The first-order valence-electron chi connectivity index (χ1n) is 12.8. The summed E-state index contributed by atoms with van der Waals surface area (Å²) in [5, 5.41) is 0.543. The summed E-state index contributed by atoms with van der Waals surface area (Å²) < 4.78 is 94.7. The van der Waals surface area contributed by atoms with Gasteiger partial charge in [0.1, 0.15) is 29.8 Å². The number of halogens is 6. The standard InChI is InChI=1S/C29H22F6N4O2/c1-2-18-21(31)8-7-16-5-3-6-19(22(16)18)24-23(32)25-20(12-36-24)26(40-15-29(33,34)35)38-27(37-25)41-14-28-9-4-10-39(28)13-17(30)11-28/h1,3,5-8,12,17H,4,9-11,13-15H2/t17-,28+/m1/s1. The fourth-order valence-corrected chi connectivity index (χ4v) is 5.86. The normalized spacial score (nSPS) is 20.9. The highest BCUT2D eigenvalue weighted by atomic mass is 19.4. The minimum atomic E-state index is -4.70. The van der Waals surface area contributed by atoms with Gasteiger partial charge in [-0.3, -0.25) is 9.88 Å². The van der Waals surface area contributed by atoms with Gasteiger partial charge in [-0.2, -0.15) is 23.1 Å². The predicted octanol–water partition coefficient (Wildman–Crippen LogP) is 6.00. The summed E-state index contributed by atoms with van der Waals surface area (Å²) in [5.41, 5.74) is -1.21. The SMILES string of the molecule is C#Cc1c(F)ccc2cccc(-c3ncc4c(OCC(F)(F)F)nc(OC[C@@]56CCCN5C[C@H](F)C6)nc4c3F)c12. The van der Waals surface area contributed by atoms with Crippen LogP contribution in [-0.2, 0) is 0 Å². The highest BCUT2D eigenvalue weighted by Gasteiger charge is 2.49. The summed E-state index contributed by atoms with van der Waals surface area (Å²) in [5.74, 6) is 0.0107. The second-order valence-corrected chi connectivity index (χ2v) is 10.2. The zero-order valence-corrected chi connectivity index (χ0v) is 21.4. The number of hydrogen-bond acceptors (Lipinski definition) is 6. The number of terminal acetylenes is 1. The molecule has 2 aromatic heterocycles. The Labute approximate surface area is 230 Å². The van der Waals surface area contributed by atoms with Gasteiger partial charge in [0.05, 0.1) is 16.5 Å². The van der Waals surface area contributed by atoms with Gasteiger partial charge in [-0.15, -0.1) is 6.42 Å². The third kappa shape index (κ3) is 4.88. The summed E-state index contributed by atoms with van der Waals surface area (Å²) in [4.78, 5) is 14.2. The van der Waals surface area contributed by atoms with Gasteiger partial charge in [0, 0.05) is 30.1 Å². The van der Waals surface area contributed by atoms with Crippen molar-refractivity contribution in [2.45, 2.75) is 37.1 Å². The molecule has 0 amide bonds. The van der Waals surface area contributed by atoms with Crippen molar-refractivity contribution < 1.29 is 35.8 Å². The average Bonchev–Trinajstić information content (AvgIpc) is 3.46. The minimum Gasteiger partial charge on any atom is -0.467 e. The summed E-state index contributed by atoms with van der Waals surface area (Å²) in [6.45, 7) is -0.781. The van der Waals surface area contributed by atoms with E-state index < -0.39 is 53.5 Å². The van der Waals surface area contributed by atoms with Gasteiger partial charge in [0.25, 0.3) is 0 Å². The van der Waals surface area contributed by atoms with Crippen LogP contribution in [-0.4, -0.2) is 64.0 Å². The molecule has 0 unspecified atom stereocenters. The molecular weight excluding hydrogens is 550 g/mol. The first-order valence-corrected chi connectivity index (χ1v) is 12.8. The fourth-order valence-electron chi connectivity index (χ4n) is 5.86. The van der Waals surface area contributed by atoms with Crippen molar-refractivity contribution in [2.75, 3.05) is 26.3 Å². The van der Waals surface area contributed by atoms with Crippen LogP contribution in [0.4, 0.5) is 26.3 Å². The van der Waals surface area contributed by atoms with Crippen LogP contribution < -0.4 is 9.47 Å². The molecule has 4 heterocycles. The molecule has 2 aliphatic rings. The average molecular weight is 573 g/mol. The molecule has 2 saturated heterocycles. The van der Waals surface area contributed by atoms with Crippen LogP contribution in [0.5, 0.6) is 11.9 Å². The third-order valence-electron chi connectivity index (χ3n) is 7.63. The molecular formula is C29H22F6N4O2. The van der Waals surface area contributed by atoms with Gasteiger partial charge in [-0.1, -0.05) is 30.2 Å². The lowest BCUT2D eigenvalue weighted by Gasteiger charge is -2.30. The number of pyridine rings is 1. The summed E-state index contributed by atoms with van der Waals surface area (Å²) in [6, 6.07) is 7.05. The Bertz CT molecular complexity index is 1710. The molecule has 2 fully saturated rings. The van der Waals surface area contributed by atoms with Gasteiger partial charge in [-0.25, -0.2) is 13.2 Å². The van der Waals surface area contributed by atoms with Crippen molar-refractivity contribution >= 4 is 21.7 Å². The van der Waals surface area contributed by atoms with Crippen molar-refractivity contribution in [3.63, 3.8) is 0 Å². The molecule has 6 rings (SSSR count). The third-order valence-corrected chi connectivity index (χ3v) is 7.63. The molecule has 2 aromatic carbocycles. The van der Waals surface area contributed by atoms with E-state index >= 15 is 4.39 Å². The minimum absolute atomic E-state index is 0.0364. The van der Waals surface area contributed by atoms with E-state index in [2.05, 4.69) is 20.9 Å². The van der Waals surface area contributed by atoms with Gasteiger partial charge in [0.15, 0.2) is 12.4 Å². The zero-order valence-electron chi connectivity index (χ0n) is 21.4. The second-order valence-electron chi connectivity index (χ2n) is 10.2. The Morgan fingerprint density at radius 3 is 2.73 bits per heavy atom. The summed E-state index contributed by atoms with van der Waals surface area (Å²) in [6.07, 6.45) is 2.63. The maximum atomic E-state index is 16.2. The number of ether oxygens (including phenoxy) is 2. The number of alkyl halides is 4. The van der Waals surface area contributed by atoms with Crippen molar-refractivity contribution in [1.29, 1.82) is 0 Å². The fraction of sp³-hybridized carbons (Fsp3) is 0.345. The maximum Gasteiger partial charge on any atom is 0.422 e. The monoisotopic (exact) mass is 572 g/mol. The van der Waals surface area contributed by atoms with Crippen LogP contribution in [0.3, 0.4) is 0 Å². The number of benzene rings is 2. The van der Waals surface area contributed by atoms with E-state index in [4.69, 9.17) is 15.9 Å². The largest absolute Gasteiger partial charge is 0.467 e. The van der Waals surface area contributed by atoms with Crippen LogP contribution >= 0.6 is 0 Å². The number of rotatable bonds is 6. The summed E-state index contributed by atoms with van der Waals surface area (Å²) >= 11 is 0. The first kappa shape index (κ1) is 27.1. The van der Waals surface area contributed by atoms with E-state index in [1.807, 2.05) is 4.90 Å². The maximum absolute atomic E-state index is 16.2. The van der Waals surface area contributed by atoms with E-state index in [9.17, 15) is 22.0 Å². The molecule has 0 spiro atoms.